The molecule has 1 N–H and O–H groups in total. The van der Waals surface area contributed by atoms with Crippen molar-refractivity contribution in [2.45, 2.75) is 25.3 Å². The number of hydrogen-bond donors (Lipinski definition) is 1. The van der Waals surface area contributed by atoms with Gasteiger partial charge in [-0.15, -0.1) is 0 Å². The fourth-order valence-corrected chi connectivity index (χ4v) is 2.23. The minimum Gasteiger partial charge on any atom is -0.496 e. The number of nitrogens with one attached hydrogen (secondary N) is 1. The summed E-state index contributed by atoms with van der Waals surface area (Å²) in [5.41, 5.74) is 1.03. The van der Waals surface area contributed by atoms with E-state index in [2.05, 4.69) is 5.32 Å². The number of methoxy groups -OCH3 is 1. The van der Waals surface area contributed by atoms with E-state index in [9.17, 15) is 10.1 Å². The Morgan fingerprint density at radius 3 is 3.00 bits per heavy atom. The molecule has 0 spiro atoms. The van der Waals surface area contributed by atoms with Crippen molar-refractivity contribution in [3.05, 3.63) is 33.9 Å². The van der Waals surface area contributed by atoms with E-state index < -0.39 is 0 Å². The molecule has 2 rings (SSSR count). The number of nitro benzene ring substituents is 1. The smallest absolute Gasteiger partial charge is 0.269 e. The predicted octanol–water partition coefficient (Wildman–Crippen LogP) is 1.90. The maximum absolute atomic E-state index is 10.7. The summed E-state index contributed by atoms with van der Waals surface area (Å²) in [7, 11) is 1.59. The maximum atomic E-state index is 10.7. The van der Waals surface area contributed by atoms with E-state index in [1.165, 1.54) is 12.5 Å². The second kappa shape index (κ2) is 5.14. The van der Waals surface area contributed by atoms with Gasteiger partial charge in [0, 0.05) is 23.7 Å². The molecule has 17 heavy (non-hydrogen) atoms. The lowest BCUT2D eigenvalue weighted by Crippen LogP contribution is -2.23. The van der Waals surface area contributed by atoms with Gasteiger partial charge in [0.05, 0.1) is 12.0 Å². The Hall–Kier alpha value is -1.62. The van der Waals surface area contributed by atoms with Crippen LogP contribution >= 0.6 is 0 Å². The third-order valence-corrected chi connectivity index (χ3v) is 3.10. The molecule has 5 heteroatoms. The number of rotatable bonds is 4. The molecule has 1 saturated heterocycles. The number of nitro groups is 1. The van der Waals surface area contributed by atoms with Crippen LogP contribution in [0.4, 0.5) is 5.69 Å². The molecule has 0 radical (unpaired) electrons. The van der Waals surface area contributed by atoms with Crippen LogP contribution in [0.3, 0.4) is 0 Å². The van der Waals surface area contributed by atoms with Crippen molar-refractivity contribution in [3.63, 3.8) is 0 Å². The van der Waals surface area contributed by atoms with E-state index >= 15 is 0 Å². The molecule has 1 heterocycles. The molecule has 0 bridgehead atoms. The third-order valence-electron chi connectivity index (χ3n) is 3.10. The van der Waals surface area contributed by atoms with Gasteiger partial charge < -0.3 is 10.1 Å². The largest absolute Gasteiger partial charge is 0.496 e. The molecule has 92 valence electrons. The molecule has 0 aromatic heterocycles. The molecule has 1 aromatic rings. The van der Waals surface area contributed by atoms with Gasteiger partial charge in [-0.05, 0) is 31.9 Å². The number of non-ortho nitro benzene ring substituents is 1. The average molecular weight is 236 g/mol. The number of nitrogens with zero attached hydrogens (tertiary/aromatic N) is 1. The Labute approximate surface area is 99.9 Å². The van der Waals surface area contributed by atoms with Gasteiger partial charge in [-0.2, -0.15) is 0 Å². The summed E-state index contributed by atoms with van der Waals surface area (Å²) in [4.78, 5) is 10.4. The van der Waals surface area contributed by atoms with E-state index in [-0.39, 0.29) is 10.6 Å². The molecule has 1 aliphatic heterocycles. The molecule has 1 unspecified atom stereocenters. The highest BCUT2D eigenvalue weighted by atomic mass is 16.6. The van der Waals surface area contributed by atoms with Crippen molar-refractivity contribution < 1.29 is 9.66 Å². The lowest BCUT2D eigenvalue weighted by molar-refractivity contribution is -0.384. The first-order valence-electron chi connectivity index (χ1n) is 5.75. The van der Waals surface area contributed by atoms with Gasteiger partial charge in [0.15, 0.2) is 0 Å². The van der Waals surface area contributed by atoms with Crippen molar-refractivity contribution in [3.8, 4) is 5.75 Å². The van der Waals surface area contributed by atoms with Crippen LogP contribution in [0, 0.1) is 10.1 Å². The van der Waals surface area contributed by atoms with Gasteiger partial charge in [-0.1, -0.05) is 0 Å². The summed E-state index contributed by atoms with van der Waals surface area (Å²) in [6, 6.07) is 5.16. The zero-order chi connectivity index (χ0) is 12.3. The summed E-state index contributed by atoms with van der Waals surface area (Å²) in [5, 5.41) is 14.1. The minimum atomic E-state index is -0.370. The van der Waals surface area contributed by atoms with Gasteiger partial charge in [0.25, 0.3) is 5.69 Å². The van der Waals surface area contributed by atoms with Gasteiger partial charge in [0.1, 0.15) is 5.75 Å². The first kappa shape index (κ1) is 11.9. The predicted molar refractivity (Wildman–Crippen MR) is 64.4 cm³/mol. The standard InChI is InChI=1S/C12H16N2O3/c1-17-12-5-4-11(14(15)16)8-9(12)7-10-3-2-6-13-10/h4-5,8,10,13H,2-3,6-7H2,1H3. The molecule has 0 amide bonds. The Balaban J connectivity index is 2.21. The normalized spacial score (nSPS) is 19.2. The van der Waals surface area contributed by atoms with E-state index in [0.29, 0.717) is 6.04 Å². The van der Waals surface area contributed by atoms with Gasteiger partial charge in [0.2, 0.25) is 0 Å². The van der Waals surface area contributed by atoms with Crippen LogP contribution in [0.2, 0.25) is 0 Å². The number of hydrogen-bond acceptors (Lipinski definition) is 4. The van der Waals surface area contributed by atoms with Crippen LogP contribution in [0.5, 0.6) is 5.75 Å². The third kappa shape index (κ3) is 2.74. The molecule has 1 fully saturated rings. The maximum Gasteiger partial charge on any atom is 0.269 e. The van der Waals surface area contributed by atoms with Crippen LogP contribution in [-0.2, 0) is 6.42 Å². The van der Waals surface area contributed by atoms with Crippen molar-refractivity contribution in [2.24, 2.45) is 0 Å². The van der Waals surface area contributed by atoms with Crippen LogP contribution in [0.1, 0.15) is 18.4 Å². The first-order chi connectivity index (χ1) is 8.20. The Morgan fingerprint density at radius 2 is 2.41 bits per heavy atom. The molecular weight excluding hydrogens is 220 g/mol. The van der Waals surface area contributed by atoms with Crippen LogP contribution in [-0.4, -0.2) is 24.6 Å². The summed E-state index contributed by atoms with van der Waals surface area (Å²) in [6.07, 6.45) is 3.07. The summed E-state index contributed by atoms with van der Waals surface area (Å²) in [5.74, 6) is 0.726. The van der Waals surface area contributed by atoms with E-state index in [0.717, 1.165) is 30.7 Å². The quantitative estimate of drug-likeness (QED) is 0.640. The van der Waals surface area contributed by atoms with Gasteiger partial charge in [-0.25, -0.2) is 0 Å². The Kier molecular flexibility index (Phi) is 3.58. The fourth-order valence-electron chi connectivity index (χ4n) is 2.23. The van der Waals surface area contributed by atoms with Crippen molar-refractivity contribution >= 4 is 5.69 Å². The van der Waals surface area contributed by atoms with Crippen molar-refractivity contribution in [1.29, 1.82) is 0 Å². The Bertz CT molecular complexity index is 414. The highest BCUT2D eigenvalue weighted by Crippen LogP contribution is 2.26. The van der Waals surface area contributed by atoms with E-state index in [1.807, 2.05) is 0 Å². The second-order valence-corrected chi connectivity index (χ2v) is 4.25. The zero-order valence-electron chi connectivity index (χ0n) is 9.81. The lowest BCUT2D eigenvalue weighted by Gasteiger charge is -2.13. The molecule has 1 atom stereocenters. The summed E-state index contributed by atoms with van der Waals surface area (Å²) < 4.78 is 5.24. The van der Waals surface area contributed by atoms with E-state index in [1.54, 1.807) is 19.2 Å². The summed E-state index contributed by atoms with van der Waals surface area (Å²) >= 11 is 0. The second-order valence-electron chi connectivity index (χ2n) is 4.25. The summed E-state index contributed by atoms with van der Waals surface area (Å²) in [6.45, 7) is 1.03. The van der Waals surface area contributed by atoms with E-state index in [4.69, 9.17) is 4.74 Å². The zero-order valence-corrected chi connectivity index (χ0v) is 9.81. The average Bonchev–Trinajstić information content (AvgIpc) is 2.81. The van der Waals surface area contributed by atoms with Gasteiger partial charge >= 0.3 is 0 Å². The molecule has 5 nitrogen and oxygen atoms in total. The highest BCUT2D eigenvalue weighted by Gasteiger charge is 2.18. The molecule has 0 saturated carbocycles. The van der Waals surface area contributed by atoms with Crippen LogP contribution in [0.25, 0.3) is 0 Å². The Morgan fingerprint density at radius 1 is 1.59 bits per heavy atom. The molecule has 1 aliphatic rings. The molecule has 1 aromatic carbocycles. The monoisotopic (exact) mass is 236 g/mol. The van der Waals surface area contributed by atoms with Crippen molar-refractivity contribution in [1.82, 2.24) is 5.32 Å². The minimum absolute atomic E-state index is 0.124. The topological polar surface area (TPSA) is 64.4 Å². The molecular formula is C12H16N2O3. The number of ether oxygens (including phenoxy) is 1. The van der Waals surface area contributed by atoms with Crippen molar-refractivity contribution in [2.75, 3.05) is 13.7 Å². The first-order valence-corrected chi connectivity index (χ1v) is 5.75. The van der Waals surface area contributed by atoms with Crippen LogP contribution in [0.15, 0.2) is 18.2 Å². The fraction of sp³-hybridized carbons (Fsp3) is 0.500. The molecule has 0 aliphatic carbocycles. The SMILES string of the molecule is COc1ccc([N+](=O)[O-])cc1CC1CCCN1. The lowest BCUT2D eigenvalue weighted by atomic mass is 10.0. The van der Waals surface area contributed by atoms with Crippen LogP contribution < -0.4 is 10.1 Å². The van der Waals surface area contributed by atoms with Gasteiger partial charge in [-0.3, -0.25) is 10.1 Å². The highest BCUT2D eigenvalue weighted by molar-refractivity contribution is 5.44. The number of benzene rings is 1.